The number of piperidine rings is 1. The minimum atomic E-state index is -4.78. The maximum Gasteiger partial charge on any atom is 0.573 e. The first-order valence-electron chi connectivity index (χ1n) is 10.4. The molecule has 8 heteroatoms. The third kappa shape index (κ3) is 5.50. The number of carbonyl (C=O) groups excluding carboxylic acids is 1. The lowest BCUT2D eigenvalue weighted by atomic mass is 10.1. The van der Waals surface area contributed by atoms with Gasteiger partial charge >= 0.3 is 6.36 Å². The van der Waals surface area contributed by atoms with E-state index in [-0.39, 0.29) is 11.5 Å². The zero-order valence-corrected chi connectivity index (χ0v) is 17.2. The molecule has 1 saturated carbocycles. The molecule has 1 saturated heterocycles. The second-order valence-electron chi connectivity index (χ2n) is 8.05. The van der Waals surface area contributed by atoms with E-state index in [1.54, 1.807) is 0 Å². The first kappa shape index (κ1) is 21.5. The molecule has 166 valence electrons. The molecule has 0 aromatic heterocycles. The van der Waals surface area contributed by atoms with E-state index in [9.17, 15) is 18.0 Å². The number of benzene rings is 2. The van der Waals surface area contributed by atoms with E-state index in [2.05, 4.69) is 27.1 Å². The lowest BCUT2D eigenvalue weighted by Gasteiger charge is -2.20. The summed E-state index contributed by atoms with van der Waals surface area (Å²) in [5, 5.41) is 2.85. The fourth-order valence-electron chi connectivity index (χ4n) is 4.43. The number of carbonyl (C=O) groups is 1. The number of rotatable bonds is 8. The van der Waals surface area contributed by atoms with Crippen LogP contribution in [0.15, 0.2) is 48.5 Å². The van der Waals surface area contributed by atoms with Gasteiger partial charge in [-0.05, 0) is 60.6 Å². The predicted octanol–water partition coefficient (Wildman–Crippen LogP) is 4.09. The summed E-state index contributed by atoms with van der Waals surface area (Å²) in [6.07, 6.45) is -4.78. The second kappa shape index (κ2) is 8.78. The third-order valence-electron chi connectivity index (χ3n) is 5.92. The number of nitrogens with zero attached hydrogens (tertiary/aromatic N) is 1. The monoisotopic (exact) mass is 434 g/mol. The molecule has 0 bridgehead atoms. The zero-order valence-electron chi connectivity index (χ0n) is 17.2. The van der Waals surface area contributed by atoms with Crippen LogP contribution in [-0.2, 0) is 6.54 Å². The van der Waals surface area contributed by atoms with Gasteiger partial charge in [-0.25, -0.2) is 0 Å². The summed E-state index contributed by atoms with van der Waals surface area (Å²) in [5.74, 6) is 1.64. The second-order valence-corrected chi connectivity index (χ2v) is 8.05. The van der Waals surface area contributed by atoms with Crippen molar-refractivity contribution in [3.05, 3.63) is 59.7 Å². The van der Waals surface area contributed by atoms with Crippen LogP contribution in [0.1, 0.15) is 22.8 Å². The number of nitrogens with one attached hydrogen (secondary N) is 1. The normalized spacial score (nSPS) is 22.6. The summed E-state index contributed by atoms with van der Waals surface area (Å²) in [5.41, 5.74) is 1.40. The summed E-state index contributed by atoms with van der Waals surface area (Å²) in [6.45, 7) is 6.03. The Morgan fingerprint density at radius 1 is 1.10 bits per heavy atom. The Morgan fingerprint density at radius 2 is 1.81 bits per heavy atom. The molecule has 2 aromatic carbocycles. The maximum atomic E-state index is 12.4. The van der Waals surface area contributed by atoms with Crippen LogP contribution in [0.25, 0.3) is 0 Å². The maximum absolute atomic E-state index is 12.4. The molecule has 1 N–H and O–H groups in total. The van der Waals surface area contributed by atoms with Gasteiger partial charge in [-0.1, -0.05) is 18.2 Å². The number of fused-ring (bicyclic) bond motifs is 1. The fraction of sp³-hybridized carbons (Fsp3) is 0.435. The molecule has 1 amide bonds. The van der Waals surface area contributed by atoms with Crippen molar-refractivity contribution < 1.29 is 27.4 Å². The van der Waals surface area contributed by atoms with E-state index >= 15 is 0 Å². The van der Waals surface area contributed by atoms with E-state index in [1.807, 2.05) is 19.1 Å². The highest BCUT2D eigenvalue weighted by Crippen LogP contribution is 2.51. The molecule has 2 aliphatic rings. The third-order valence-corrected chi connectivity index (χ3v) is 5.92. The average Bonchev–Trinajstić information content (AvgIpc) is 3.17. The molecule has 31 heavy (non-hydrogen) atoms. The van der Waals surface area contributed by atoms with Gasteiger partial charge in [0.1, 0.15) is 11.5 Å². The van der Waals surface area contributed by atoms with Gasteiger partial charge in [-0.2, -0.15) is 0 Å². The van der Waals surface area contributed by atoms with Crippen LogP contribution in [0.2, 0.25) is 0 Å². The summed E-state index contributed by atoms with van der Waals surface area (Å²) >= 11 is 0. The average molecular weight is 434 g/mol. The molecular formula is C23H25F3N2O3. The standard InChI is InChI=1S/C23H25F3N2O3/c1-2-30-17-8-6-15(7-9-17)12-28-13-20-19(21(20)14-28)11-27-22(29)16-4-3-5-18(10-16)31-23(24,25)26/h3-10,19-21H,2,11-14H2,1H3,(H,27,29). The quantitative estimate of drug-likeness (QED) is 0.680. The van der Waals surface area contributed by atoms with Crippen molar-refractivity contribution in [2.45, 2.75) is 19.8 Å². The van der Waals surface area contributed by atoms with Crippen LogP contribution in [0.3, 0.4) is 0 Å². The van der Waals surface area contributed by atoms with Crippen LogP contribution >= 0.6 is 0 Å². The van der Waals surface area contributed by atoms with Crippen molar-refractivity contribution >= 4 is 5.91 Å². The Morgan fingerprint density at radius 3 is 2.45 bits per heavy atom. The van der Waals surface area contributed by atoms with Crippen LogP contribution in [0.4, 0.5) is 13.2 Å². The van der Waals surface area contributed by atoms with Gasteiger partial charge in [0.2, 0.25) is 0 Å². The Bertz CT molecular complexity index is 905. The Hall–Kier alpha value is -2.74. The molecule has 2 aromatic rings. The van der Waals surface area contributed by atoms with E-state index < -0.39 is 12.1 Å². The molecule has 2 atom stereocenters. The summed E-state index contributed by atoms with van der Waals surface area (Å²) in [6, 6.07) is 13.3. The van der Waals surface area contributed by atoms with Gasteiger partial charge in [0.25, 0.3) is 5.91 Å². The SMILES string of the molecule is CCOc1ccc(CN2CC3C(CNC(=O)c4cccc(OC(F)(F)F)c4)C3C2)cc1. The number of hydrogen-bond acceptors (Lipinski definition) is 4. The Balaban J connectivity index is 1.21. The molecule has 4 rings (SSSR count). The molecular weight excluding hydrogens is 409 g/mol. The number of hydrogen-bond donors (Lipinski definition) is 1. The largest absolute Gasteiger partial charge is 0.573 e. The highest BCUT2D eigenvalue weighted by atomic mass is 19.4. The van der Waals surface area contributed by atoms with Gasteiger partial charge in [0, 0.05) is 31.7 Å². The summed E-state index contributed by atoms with van der Waals surface area (Å²) in [7, 11) is 0. The molecule has 0 radical (unpaired) electrons. The van der Waals surface area contributed by atoms with Crippen molar-refractivity contribution in [2.75, 3.05) is 26.2 Å². The van der Waals surface area contributed by atoms with Gasteiger partial charge in [0.15, 0.2) is 0 Å². The van der Waals surface area contributed by atoms with Crippen LogP contribution in [-0.4, -0.2) is 43.4 Å². The summed E-state index contributed by atoms with van der Waals surface area (Å²) < 4.78 is 46.4. The molecule has 0 spiro atoms. The van der Waals surface area contributed by atoms with Crippen molar-refractivity contribution in [3.8, 4) is 11.5 Å². The predicted molar refractivity (Wildman–Crippen MR) is 109 cm³/mol. The highest BCUT2D eigenvalue weighted by Gasteiger charge is 2.55. The molecule has 5 nitrogen and oxygen atoms in total. The van der Waals surface area contributed by atoms with E-state index in [1.165, 1.54) is 23.8 Å². The topological polar surface area (TPSA) is 50.8 Å². The number of likely N-dealkylation sites (tertiary alicyclic amines) is 1. The van der Waals surface area contributed by atoms with E-state index in [0.29, 0.717) is 30.9 Å². The van der Waals surface area contributed by atoms with Gasteiger partial charge in [-0.3, -0.25) is 9.69 Å². The Kier molecular flexibility index (Phi) is 6.09. The lowest BCUT2D eigenvalue weighted by Crippen LogP contribution is -2.30. The Labute approximate surface area is 179 Å². The van der Waals surface area contributed by atoms with E-state index in [0.717, 1.165) is 31.5 Å². The van der Waals surface area contributed by atoms with Gasteiger partial charge in [0.05, 0.1) is 6.61 Å². The number of halogens is 3. The van der Waals surface area contributed by atoms with Gasteiger partial charge in [-0.15, -0.1) is 13.2 Å². The summed E-state index contributed by atoms with van der Waals surface area (Å²) in [4.78, 5) is 14.7. The van der Waals surface area contributed by atoms with Crippen LogP contribution in [0, 0.1) is 17.8 Å². The van der Waals surface area contributed by atoms with Crippen molar-refractivity contribution in [2.24, 2.45) is 17.8 Å². The smallest absolute Gasteiger partial charge is 0.494 e. The lowest BCUT2D eigenvalue weighted by molar-refractivity contribution is -0.274. The molecule has 1 heterocycles. The van der Waals surface area contributed by atoms with E-state index in [4.69, 9.17) is 4.74 Å². The van der Waals surface area contributed by atoms with Gasteiger partial charge < -0.3 is 14.8 Å². The van der Waals surface area contributed by atoms with Crippen LogP contribution in [0.5, 0.6) is 11.5 Å². The highest BCUT2D eigenvalue weighted by molar-refractivity contribution is 5.94. The molecule has 2 fully saturated rings. The number of amides is 1. The molecule has 1 aliphatic heterocycles. The zero-order chi connectivity index (χ0) is 22.0. The minimum Gasteiger partial charge on any atom is -0.494 e. The van der Waals surface area contributed by atoms with Crippen molar-refractivity contribution in [1.29, 1.82) is 0 Å². The van der Waals surface area contributed by atoms with Crippen LogP contribution < -0.4 is 14.8 Å². The fourth-order valence-corrected chi connectivity index (χ4v) is 4.43. The van der Waals surface area contributed by atoms with Crippen molar-refractivity contribution in [1.82, 2.24) is 10.2 Å². The number of alkyl halides is 3. The molecule has 2 unspecified atom stereocenters. The first-order valence-corrected chi connectivity index (χ1v) is 10.4. The number of ether oxygens (including phenoxy) is 2. The molecule has 1 aliphatic carbocycles. The first-order chi connectivity index (χ1) is 14.8. The minimum absolute atomic E-state index is 0.157. The van der Waals surface area contributed by atoms with Crippen molar-refractivity contribution in [3.63, 3.8) is 0 Å².